The number of aromatic nitrogens is 1. The predicted octanol–water partition coefficient (Wildman–Crippen LogP) is 4.60. The molecule has 0 bridgehead atoms. The van der Waals surface area contributed by atoms with E-state index in [1.807, 2.05) is 62.5 Å². The van der Waals surface area contributed by atoms with E-state index in [4.69, 9.17) is 4.74 Å². The van der Waals surface area contributed by atoms with Gasteiger partial charge in [-0.15, -0.1) is 0 Å². The van der Waals surface area contributed by atoms with Crippen LogP contribution in [0.3, 0.4) is 0 Å². The standard InChI is InChI=1S/C19H19BrN2O2/c1-3-24-16-9-6-14-10-18(21-17(14)11-16)19(23)22(2)12-13-4-7-15(20)8-5-13/h4-11,21H,3,12H2,1-2H3. The van der Waals surface area contributed by atoms with Gasteiger partial charge >= 0.3 is 0 Å². The maximum atomic E-state index is 12.7. The average molecular weight is 387 g/mol. The zero-order chi connectivity index (χ0) is 17.1. The normalized spacial score (nSPS) is 10.8. The number of ether oxygens (including phenoxy) is 1. The lowest BCUT2D eigenvalue weighted by Gasteiger charge is -2.16. The van der Waals surface area contributed by atoms with Crippen LogP contribution in [-0.2, 0) is 6.54 Å². The van der Waals surface area contributed by atoms with Crippen molar-refractivity contribution < 1.29 is 9.53 Å². The molecule has 3 aromatic rings. The monoisotopic (exact) mass is 386 g/mol. The lowest BCUT2D eigenvalue weighted by Crippen LogP contribution is -2.26. The molecule has 1 aromatic heterocycles. The van der Waals surface area contributed by atoms with Crippen molar-refractivity contribution in [1.82, 2.24) is 9.88 Å². The van der Waals surface area contributed by atoms with Gasteiger partial charge < -0.3 is 14.6 Å². The molecule has 5 heteroatoms. The summed E-state index contributed by atoms with van der Waals surface area (Å²) in [4.78, 5) is 17.5. The van der Waals surface area contributed by atoms with Gasteiger partial charge in [-0.2, -0.15) is 0 Å². The van der Waals surface area contributed by atoms with Gasteiger partial charge in [-0.3, -0.25) is 4.79 Å². The molecule has 0 unspecified atom stereocenters. The van der Waals surface area contributed by atoms with E-state index in [1.54, 1.807) is 4.90 Å². The van der Waals surface area contributed by atoms with Gasteiger partial charge in [0, 0.05) is 35.0 Å². The molecule has 0 aliphatic heterocycles. The number of halogens is 1. The van der Waals surface area contributed by atoms with Crippen LogP contribution in [-0.4, -0.2) is 29.4 Å². The van der Waals surface area contributed by atoms with Crippen LogP contribution in [0.2, 0.25) is 0 Å². The molecule has 124 valence electrons. The van der Waals surface area contributed by atoms with Crippen molar-refractivity contribution in [1.29, 1.82) is 0 Å². The van der Waals surface area contributed by atoms with Crippen LogP contribution in [0.1, 0.15) is 23.0 Å². The summed E-state index contributed by atoms with van der Waals surface area (Å²) < 4.78 is 6.53. The average Bonchev–Trinajstić information content (AvgIpc) is 2.99. The quantitative estimate of drug-likeness (QED) is 0.696. The molecule has 1 N–H and O–H groups in total. The van der Waals surface area contributed by atoms with Crippen LogP contribution >= 0.6 is 15.9 Å². The predicted molar refractivity (Wildman–Crippen MR) is 99.4 cm³/mol. The SMILES string of the molecule is CCOc1ccc2cc(C(=O)N(C)Cc3ccc(Br)cc3)[nH]c2c1. The van der Waals surface area contributed by atoms with E-state index in [2.05, 4.69) is 20.9 Å². The number of benzene rings is 2. The number of nitrogens with zero attached hydrogens (tertiary/aromatic N) is 1. The van der Waals surface area contributed by atoms with Gasteiger partial charge in [0.2, 0.25) is 0 Å². The molecule has 0 fully saturated rings. The first-order valence-corrected chi connectivity index (χ1v) is 8.61. The molecule has 0 saturated heterocycles. The van der Waals surface area contributed by atoms with E-state index in [1.165, 1.54) is 0 Å². The number of carbonyl (C=O) groups excluding carboxylic acids is 1. The second kappa shape index (κ2) is 7.09. The molecule has 4 nitrogen and oxygen atoms in total. The highest BCUT2D eigenvalue weighted by molar-refractivity contribution is 9.10. The van der Waals surface area contributed by atoms with Crippen molar-refractivity contribution in [2.24, 2.45) is 0 Å². The molecule has 0 atom stereocenters. The molecular weight excluding hydrogens is 368 g/mol. The van der Waals surface area contributed by atoms with Gasteiger partial charge in [0.25, 0.3) is 5.91 Å². The van der Waals surface area contributed by atoms with E-state index < -0.39 is 0 Å². The molecule has 0 aliphatic carbocycles. The van der Waals surface area contributed by atoms with Crippen molar-refractivity contribution in [3.63, 3.8) is 0 Å². The fourth-order valence-corrected chi connectivity index (χ4v) is 2.88. The highest BCUT2D eigenvalue weighted by Gasteiger charge is 2.15. The summed E-state index contributed by atoms with van der Waals surface area (Å²) in [5, 5.41) is 0.999. The highest BCUT2D eigenvalue weighted by atomic mass is 79.9. The summed E-state index contributed by atoms with van der Waals surface area (Å²) in [7, 11) is 1.81. The Balaban J connectivity index is 1.78. The fourth-order valence-electron chi connectivity index (χ4n) is 2.62. The van der Waals surface area contributed by atoms with Gasteiger partial charge in [-0.1, -0.05) is 28.1 Å². The number of hydrogen-bond acceptors (Lipinski definition) is 2. The van der Waals surface area contributed by atoms with Crippen LogP contribution in [0.5, 0.6) is 5.75 Å². The number of fused-ring (bicyclic) bond motifs is 1. The fraction of sp³-hybridized carbons (Fsp3) is 0.211. The summed E-state index contributed by atoms with van der Waals surface area (Å²) in [6, 6.07) is 15.6. The first kappa shape index (κ1) is 16.6. The molecule has 0 aliphatic rings. The molecule has 0 saturated carbocycles. The molecular formula is C19H19BrN2O2. The molecule has 1 amide bonds. The zero-order valence-electron chi connectivity index (χ0n) is 13.7. The summed E-state index contributed by atoms with van der Waals surface area (Å²) in [5.74, 6) is 0.765. The Hall–Kier alpha value is -2.27. The van der Waals surface area contributed by atoms with Crippen LogP contribution < -0.4 is 4.74 Å². The van der Waals surface area contributed by atoms with E-state index in [0.717, 1.165) is 26.7 Å². The van der Waals surface area contributed by atoms with Crippen LogP contribution in [0.15, 0.2) is 53.0 Å². The van der Waals surface area contributed by atoms with Crippen molar-refractivity contribution >= 4 is 32.7 Å². The Bertz CT molecular complexity index is 855. The van der Waals surface area contributed by atoms with Gasteiger partial charge in [-0.05, 0) is 42.8 Å². The number of carbonyl (C=O) groups is 1. The molecule has 2 aromatic carbocycles. The van der Waals surface area contributed by atoms with Crippen LogP contribution in [0.25, 0.3) is 10.9 Å². The minimum Gasteiger partial charge on any atom is -0.494 e. The molecule has 1 heterocycles. The minimum absolute atomic E-state index is 0.0351. The number of hydrogen-bond donors (Lipinski definition) is 1. The van der Waals surface area contributed by atoms with E-state index >= 15 is 0 Å². The minimum atomic E-state index is -0.0351. The van der Waals surface area contributed by atoms with Gasteiger partial charge in [0.1, 0.15) is 11.4 Å². The van der Waals surface area contributed by atoms with E-state index in [0.29, 0.717) is 18.8 Å². The van der Waals surface area contributed by atoms with Crippen molar-refractivity contribution in [3.8, 4) is 5.75 Å². The second-order valence-electron chi connectivity index (χ2n) is 5.65. The van der Waals surface area contributed by atoms with Crippen molar-refractivity contribution in [2.45, 2.75) is 13.5 Å². The summed E-state index contributed by atoms with van der Waals surface area (Å²) in [6.45, 7) is 3.13. The number of rotatable bonds is 5. The Morgan fingerprint density at radius 2 is 1.92 bits per heavy atom. The summed E-state index contributed by atoms with van der Waals surface area (Å²) in [5.41, 5.74) is 2.57. The number of aromatic amines is 1. The van der Waals surface area contributed by atoms with Gasteiger partial charge in [0.15, 0.2) is 0 Å². The third-order valence-corrected chi connectivity index (χ3v) is 4.34. The smallest absolute Gasteiger partial charge is 0.270 e. The van der Waals surface area contributed by atoms with Crippen molar-refractivity contribution in [2.75, 3.05) is 13.7 Å². The lowest BCUT2D eigenvalue weighted by atomic mass is 10.2. The Kier molecular flexibility index (Phi) is 4.90. The van der Waals surface area contributed by atoms with Crippen molar-refractivity contribution in [3.05, 3.63) is 64.3 Å². The Morgan fingerprint density at radius 3 is 2.62 bits per heavy atom. The first-order valence-electron chi connectivity index (χ1n) is 7.82. The summed E-state index contributed by atoms with van der Waals surface area (Å²) in [6.07, 6.45) is 0. The Labute approximate surface area is 149 Å². The number of H-pyrrole nitrogens is 1. The van der Waals surface area contributed by atoms with Gasteiger partial charge in [-0.25, -0.2) is 0 Å². The third-order valence-electron chi connectivity index (χ3n) is 3.82. The maximum Gasteiger partial charge on any atom is 0.270 e. The Morgan fingerprint density at radius 1 is 1.17 bits per heavy atom. The van der Waals surface area contributed by atoms with Crippen LogP contribution in [0, 0.1) is 0 Å². The molecule has 24 heavy (non-hydrogen) atoms. The second-order valence-corrected chi connectivity index (χ2v) is 6.57. The number of amides is 1. The largest absolute Gasteiger partial charge is 0.494 e. The maximum absolute atomic E-state index is 12.7. The van der Waals surface area contributed by atoms with Gasteiger partial charge in [0.05, 0.1) is 6.61 Å². The highest BCUT2D eigenvalue weighted by Crippen LogP contribution is 2.22. The third kappa shape index (κ3) is 3.62. The van der Waals surface area contributed by atoms with E-state index in [9.17, 15) is 4.79 Å². The lowest BCUT2D eigenvalue weighted by molar-refractivity contribution is 0.0780. The molecule has 0 spiro atoms. The van der Waals surface area contributed by atoms with E-state index in [-0.39, 0.29) is 5.91 Å². The first-order chi connectivity index (χ1) is 11.6. The number of nitrogens with one attached hydrogen (secondary N) is 1. The zero-order valence-corrected chi connectivity index (χ0v) is 15.3. The topological polar surface area (TPSA) is 45.3 Å². The van der Waals surface area contributed by atoms with Crippen LogP contribution in [0.4, 0.5) is 0 Å². The summed E-state index contributed by atoms with van der Waals surface area (Å²) >= 11 is 3.42. The molecule has 0 radical (unpaired) electrons. The molecule has 3 rings (SSSR count).